The fourth-order valence-electron chi connectivity index (χ4n) is 1.71. The van der Waals surface area contributed by atoms with Crippen LogP contribution in [0.25, 0.3) is 0 Å². The van der Waals surface area contributed by atoms with Gasteiger partial charge in [-0.15, -0.1) is 0 Å². The lowest BCUT2D eigenvalue weighted by atomic mass is 10.1. The van der Waals surface area contributed by atoms with Crippen LogP contribution in [-0.2, 0) is 0 Å². The van der Waals surface area contributed by atoms with Crippen molar-refractivity contribution >= 4 is 27.7 Å². The van der Waals surface area contributed by atoms with Crippen LogP contribution in [0.4, 0.5) is 4.39 Å². The Morgan fingerprint density at radius 1 is 1.53 bits per heavy atom. The van der Waals surface area contributed by atoms with Crippen molar-refractivity contribution in [2.75, 3.05) is 32.1 Å². The minimum absolute atomic E-state index is 0.0698. The highest BCUT2D eigenvalue weighted by Crippen LogP contribution is 2.25. The summed E-state index contributed by atoms with van der Waals surface area (Å²) in [5.74, 6) is 0.822. The van der Waals surface area contributed by atoms with Crippen LogP contribution in [0.2, 0.25) is 0 Å². The molecule has 2 nitrogen and oxygen atoms in total. The van der Waals surface area contributed by atoms with Gasteiger partial charge in [0.15, 0.2) is 0 Å². The summed E-state index contributed by atoms with van der Waals surface area (Å²) in [5.41, 5.74) is 6.42. The van der Waals surface area contributed by atoms with Gasteiger partial charge >= 0.3 is 0 Å². The lowest BCUT2D eigenvalue weighted by Gasteiger charge is -2.27. The van der Waals surface area contributed by atoms with Crippen LogP contribution in [0.1, 0.15) is 11.6 Å². The third kappa shape index (κ3) is 4.25. The molecule has 1 aromatic rings. The van der Waals surface area contributed by atoms with Gasteiger partial charge in [-0.05, 0) is 31.5 Å². The normalized spacial score (nSPS) is 13.1. The molecule has 0 saturated carbocycles. The van der Waals surface area contributed by atoms with E-state index >= 15 is 0 Å². The van der Waals surface area contributed by atoms with Gasteiger partial charge < -0.3 is 5.73 Å². The molecule has 2 N–H and O–H groups in total. The third-order valence-electron chi connectivity index (χ3n) is 2.72. The Kier molecular flexibility index (Phi) is 6.48. The molecule has 1 atom stereocenters. The Morgan fingerprint density at radius 2 is 2.24 bits per heavy atom. The zero-order chi connectivity index (χ0) is 12.8. The molecule has 0 fully saturated rings. The Balaban J connectivity index is 2.88. The summed E-state index contributed by atoms with van der Waals surface area (Å²) in [4.78, 5) is 2.10. The van der Waals surface area contributed by atoms with Crippen molar-refractivity contribution in [1.29, 1.82) is 0 Å². The third-order valence-corrected chi connectivity index (χ3v) is 3.80. The van der Waals surface area contributed by atoms with E-state index in [4.69, 9.17) is 5.73 Å². The first kappa shape index (κ1) is 15.0. The molecular weight excluding hydrogens is 303 g/mol. The van der Waals surface area contributed by atoms with E-state index in [1.165, 1.54) is 6.07 Å². The largest absolute Gasteiger partial charge is 0.329 e. The van der Waals surface area contributed by atoms with Gasteiger partial charge in [-0.3, -0.25) is 4.90 Å². The molecule has 0 saturated heterocycles. The summed E-state index contributed by atoms with van der Waals surface area (Å²) in [7, 11) is 1.98. The van der Waals surface area contributed by atoms with Crippen molar-refractivity contribution in [2.24, 2.45) is 5.73 Å². The molecule has 0 aromatic heterocycles. The molecule has 0 heterocycles. The first-order valence-corrected chi connectivity index (χ1v) is 7.63. The first-order chi connectivity index (χ1) is 8.10. The number of benzene rings is 1. The van der Waals surface area contributed by atoms with Crippen LogP contribution in [0.15, 0.2) is 22.7 Å². The molecule has 96 valence electrons. The number of hydrogen-bond donors (Lipinski definition) is 1. The number of likely N-dealkylation sites (N-methyl/N-ethyl adjacent to an activating group) is 1. The lowest BCUT2D eigenvalue weighted by molar-refractivity contribution is 0.260. The summed E-state index contributed by atoms with van der Waals surface area (Å²) < 4.78 is 14.7. The predicted molar refractivity (Wildman–Crippen MR) is 76.9 cm³/mol. The van der Waals surface area contributed by atoms with E-state index < -0.39 is 0 Å². The fraction of sp³-hybridized carbons (Fsp3) is 0.500. The van der Waals surface area contributed by atoms with Crippen LogP contribution in [0, 0.1) is 5.82 Å². The molecule has 0 bridgehead atoms. The lowest BCUT2D eigenvalue weighted by Crippen LogP contribution is -2.32. The molecule has 5 heteroatoms. The molecule has 1 unspecified atom stereocenters. The summed E-state index contributed by atoms with van der Waals surface area (Å²) in [6.07, 6.45) is 2.06. The van der Waals surface area contributed by atoms with Crippen molar-refractivity contribution in [3.8, 4) is 0 Å². The molecule has 1 aromatic carbocycles. The average Bonchev–Trinajstić information content (AvgIpc) is 2.32. The van der Waals surface area contributed by atoms with Crippen molar-refractivity contribution in [1.82, 2.24) is 4.90 Å². The van der Waals surface area contributed by atoms with E-state index in [1.54, 1.807) is 17.8 Å². The van der Waals surface area contributed by atoms with Gasteiger partial charge in [0.2, 0.25) is 0 Å². The van der Waals surface area contributed by atoms with Crippen LogP contribution >= 0.6 is 27.7 Å². The molecule has 0 aliphatic rings. The quantitative estimate of drug-likeness (QED) is 0.874. The molecule has 0 amide bonds. The van der Waals surface area contributed by atoms with Crippen molar-refractivity contribution in [2.45, 2.75) is 6.04 Å². The van der Waals surface area contributed by atoms with E-state index in [9.17, 15) is 4.39 Å². The molecule has 1 rings (SSSR count). The topological polar surface area (TPSA) is 29.3 Å². The smallest absolute Gasteiger partial charge is 0.128 e. The number of nitrogens with two attached hydrogens (primary N) is 1. The molecule has 17 heavy (non-hydrogen) atoms. The Bertz CT molecular complexity index is 362. The van der Waals surface area contributed by atoms with Crippen molar-refractivity contribution < 1.29 is 4.39 Å². The van der Waals surface area contributed by atoms with E-state index in [0.29, 0.717) is 12.1 Å². The van der Waals surface area contributed by atoms with Crippen LogP contribution in [-0.4, -0.2) is 37.0 Å². The summed E-state index contributed by atoms with van der Waals surface area (Å²) in [5, 5.41) is 0. The van der Waals surface area contributed by atoms with E-state index in [1.807, 2.05) is 13.1 Å². The molecule has 0 radical (unpaired) electrons. The van der Waals surface area contributed by atoms with Crippen molar-refractivity contribution in [3.05, 3.63) is 34.1 Å². The van der Waals surface area contributed by atoms with Gasteiger partial charge in [-0.1, -0.05) is 15.9 Å². The maximum absolute atomic E-state index is 13.8. The minimum Gasteiger partial charge on any atom is -0.329 e. The summed E-state index contributed by atoms with van der Waals surface area (Å²) in [6.45, 7) is 1.31. The van der Waals surface area contributed by atoms with Gasteiger partial charge in [-0.2, -0.15) is 11.8 Å². The SMILES string of the molecule is CSCCN(C)C(CN)c1cc(Br)ccc1F. The number of nitrogens with zero attached hydrogens (tertiary/aromatic N) is 1. The summed E-state index contributed by atoms with van der Waals surface area (Å²) >= 11 is 5.14. The summed E-state index contributed by atoms with van der Waals surface area (Å²) in [6, 6.07) is 4.92. The van der Waals surface area contributed by atoms with E-state index in [-0.39, 0.29) is 11.9 Å². The Labute approximate surface area is 115 Å². The fourth-order valence-corrected chi connectivity index (χ4v) is 2.55. The molecule has 0 spiro atoms. The first-order valence-electron chi connectivity index (χ1n) is 5.44. The van der Waals surface area contributed by atoms with Gasteiger partial charge in [0.25, 0.3) is 0 Å². The van der Waals surface area contributed by atoms with Crippen LogP contribution in [0.5, 0.6) is 0 Å². The highest BCUT2D eigenvalue weighted by atomic mass is 79.9. The second-order valence-corrected chi connectivity index (χ2v) is 5.79. The molecule has 0 aliphatic carbocycles. The average molecular weight is 321 g/mol. The number of hydrogen-bond acceptors (Lipinski definition) is 3. The maximum Gasteiger partial charge on any atom is 0.128 e. The minimum atomic E-state index is -0.195. The number of rotatable bonds is 6. The number of halogens is 2. The predicted octanol–water partition coefficient (Wildman–Crippen LogP) is 2.88. The van der Waals surface area contributed by atoms with Crippen molar-refractivity contribution in [3.63, 3.8) is 0 Å². The second-order valence-electron chi connectivity index (χ2n) is 3.89. The van der Waals surface area contributed by atoms with Crippen LogP contribution < -0.4 is 5.73 Å². The zero-order valence-electron chi connectivity index (χ0n) is 10.1. The Hall–Kier alpha value is -0.100. The zero-order valence-corrected chi connectivity index (χ0v) is 12.5. The van der Waals surface area contributed by atoms with Gasteiger partial charge in [0.1, 0.15) is 5.82 Å². The monoisotopic (exact) mass is 320 g/mol. The maximum atomic E-state index is 13.8. The van der Waals surface area contributed by atoms with Crippen LogP contribution in [0.3, 0.4) is 0 Å². The second kappa shape index (κ2) is 7.36. The molecule has 0 aliphatic heterocycles. The van der Waals surface area contributed by atoms with Gasteiger partial charge in [-0.25, -0.2) is 4.39 Å². The van der Waals surface area contributed by atoms with Gasteiger partial charge in [0, 0.05) is 34.9 Å². The van der Waals surface area contributed by atoms with E-state index in [2.05, 4.69) is 27.1 Å². The van der Waals surface area contributed by atoms with Gasteiger partial charge in [0.05, 0.1) is 0 Å². The highest BCUT2D eigenvalue weighted by Gasteiger charge is 2.18. The number of thioether (sulfide) groups is 1. The molecular formula is C12H18BrFN2S. The van der Waals surface area contributed by atoms with E-state index in [0.717, 1.165) is 16.8 Å². The Morgan fingerprint density at radius 3 is 2.82 bits per heavy atom. The standard InChI is InChI=1S/C12H18BrFN2S/c1-16(5-6-17-2)12(8-15)10-7-9(13)3-4-11(10)14/h3-4,7,12H,5-6,8,15H2,1-2H3. The highest BCUT2D eigenvalue weighted by molar-refractivity contribution is 9.10.